The second-order valence-corrected chi connectivity index (χ2v) is 4.49. The SMILES string of the molecule is O=C1C=CC=CC1=CN(O)C(C[N+](=O)[O-])c1ccccc1. The van der Waals surface area contributed by atoms with Crippen LogP contribution in [0.4, 0.5) is 0 Å². The van der Waals surface area contributed by atoms with Crippen molar-refractivity contribution in [1.29, 1.82) is 0 Å². The standard InChI is InChI=1S/C15H14N2O4/c18-15-9-5-4-8-13(15)10-16(19)14(11-17(20)21)12-6-2-1-3-7-12/h1-10,14,19H,11H2. The van der Waals surface area contributed by atoms with Crippen LogP contribution >= 0.6 is 0 Å². The van der Waals surface area contributed by atoms with Crippen molar-refractivity contribution < 1.29 is 14.9 Å². The Labute approximate surface area is 121 Å². The molecule has 0 aromatic heterocycles. The Morgan fingerprint density at radius 3 is 2.52 bits per heavy atom. The maximum atomic E-state index is 11.6. The molecule has 0 amide bonds. The van der Waals surface area contributed by atoms with Gasteiger partial charge in [0.05, 0.1) is 0 Å². The molecule has 0 bridgehead atoms. The van der Waals surface area contributed by atoms with Gasteiger partial charge in [-0.05, 0) is 17.7 Å². The average Bonchev–Trinajstić information content (AvgIpc) is 2.48. The maximum Gasteiger partial charge on any atom is 0.230 e. The minimum atomic E-state index is -0.860. The second-order valence-electron chi connectivity index (χ2n) is 4.49. The summed E-state index contributed by atoms with van der Waals surface area (Å²) in [6.07, 6.45) is 7.37. The molecule has 0 fully saturated rings. The molecule has 1 aliphatic rings. The summed E-state index contributed by atoms with van der Waals surface area (Å²) in [7, 11) is 0. The van der Waals surface area contributed by atoms with Crippen molar-refractivity contribution >= 4 is 5.78 Å². The number of hydrogen-bond acceptors (Lipinski definition) is 5. The highest BCUT2D eigenvalue weighted by atomic mass is 16.6. The fourth-order valence-corrected chi connectivity index (χ4v) is 1.98. The summed E-state index contributed by atoms with van der Waals surface area (Å²) in [5.41, 5.74) is 0.862. The van der Waals surface area contributed by atoms with E-state index in [9.17, 15) is 20.1 Å². The summed E-state index contributed by atoms with van der Waals surface area (Å²) in [5.74, 6) is -0.260. The maximum absolute atomic E-state index is 11.6. The molecule has 1 atom stereocenters. The molecule has 6 heteroatoms. The third-order valence-electron chi connectivity index (χ3n) is 3.02. The molecular formula is C15H14N2O4. The number of benzene rings is 1. The van der Waals surface area contributed by atoms with Crippen molar-refractivity contribution in [2.24, 2.45) is 0 Å². The Kier molecular flexibility index (Phi) is 4.63. The number of carbonyl (C=O) groups excluding carboxylic acids is 1. The van der Waals surface area contributed by atoms with E-state index in [0.717, 1.165) is 5.06 Å². The number of nitrogens with zero attached hydrogens (tertiary/aromatic N) is 2. The monoisotopic (exact) mass is 286 g/mol. The van der Waals surface area contributed by atoms with E-state index in [1.807, 2.05) is 0 Å². The van der Waals surface area contributed by atoms with Crippen LogP contribution in [0.5, 0.6) is 0 Å². The van der Waals surface area contributed by atoms with Gasteiger partial charge in [0.25, 0.3) is 0 Å². The fraction of sp³-hybridized carbons (Fsp3) is 0.133. The summed E-state index contributed by atoms with van der Waals surface area (Å²) in [6.45, 7) is -0.474. The lowest BCUT2D eigenvalue weighted by atomic mass is 10.1. The van der Waals surface area contributed by atoms with Crippen LogP contribution in [0.15, 0.2) is 66.4 Å². The first-order valence-electron chi connectivity index (χ1n) is 6.33. The zero-order valence-corrected chi connectivity index (χ0v) is 11.1. The molecule has 0 spiro atoms. The Morgan fingerprint density at radius 2 is 1.90 bits per heavy atom. The Balaban J connectivity index is 2.26. The highest BCUT2D eigenvalue weighted by Gasteiger charge is 2.23. The number of rotatable bonds is 5. The van der Waals surface area contributed by atoms with E-state index >= 15 is 0 Å². The molecule has 0 heterocycles. The molecule has 21 heavy (non-hydrogen) atoms. The van der Waals surface area contributed by atoms with Gasteiger partial charge in [0, 0.05) is 16.7 Å². The molecule has 6 nitrogen and oxygen atoms in total. The molecule has 1 aromatic carbocycles. The molecule has 1 N–H and O–H groups in total. The van der Waals surface area contributed by atoms with Gasteiger partial charge in [0.2, 0.25) is 6.54 Å². The van der Waals surface area contributed by atoms with Crippen molar-refractivity contribution in [3.05, 3.63) is 82.1 Å². The number of carbonyl (C=O) groups is 1. The van der Waals surface area contributed by atoms with Crippen LogP contribution in [0.3, 0.4) is 0 Å². The van der Waals surface area contributed by atoms with E-state index in [0.29, 0.717) is 5.56 Å². The van der Waals surface area contributed by atoms with E-state index in [1.165, 1.54) is 12.3 Å². The van der Waals surface area contributed by atoms with Crippen LogP contribution in [0.25, 0.3) is 0 Å². The molecule has 0 saturated heterocycles. The lowest BCUT2D eigenvalue weighted by Crippen LogP contribution is -2.27. The first-order chi connectivity index (χ1) is 10.1. The highest BCUT2D eigenvalue weighted by molar-refractivity contribution is 6.07. The Morgan fingerprint density at radius 1 is 1.24 bits per heavy atom. The highest BCUT2D eigenvalue weighted by Crippen LogP contribution is 2.21. The zero-order chi connectivity index (χ0) is 15.2. The molecule has 2 rings (SSSR count). The van der Waals surface area contributed by atoms with Gasteiger partial charge in [-0.2, -0.15) is 0 Å². The lowest BCUT2D eigenvalue weighted by Gasteiger charge is -2.22. The quantitative estimate of drug-likeness (QED) is 0.510. The molecule has 1 aliphatic carbocycles. The minimum Gasteiger partial charge on any atom is -0.289 e. The van der Waals surface area contributed by atoms with Gasteiger partial charge in [0.1, 0.15) is 6.04 Å². The fourth-order valence-electron chi connectivity index (χ4n) is 1.98. The number of hydroxylamine groups is 2. The molecular weight excluding hydrogens is 272 g/mol. The Bertz CT molecular complexity index is 620. The summed E-state index contributed by atoms with van der Waals surface area (Å²) in [6, 6.07) is 7.77. The molecule has 0 saturated carbocycles. The van der Waals surface area contributed by atoms with Gasteiger partial charge in [0.15, 0.2) is 5.78 Å². The van der Waals surface area contributed by atoms with Crippen molar-refractivity contribution in [2.45, 2.75) is 6.04 Å². The van der Waals surface area contributed by atoms with Crippen LogP contribution in [0.2, 0.25) is 0 Å². The molecule has 0 aliphatic heterocycles. The topological polar surface area (TPSA) is 83.7 Å². The van der Waals surface area contributed by atoms with Crippen molar-refractivity contribution in [2.75, 3.05) is 6.54 Å². The van der Waals surface area contributed by atoms with Crippen molar-refractivity contribution in [1.82, 2.24) is 5.06 Å². The van der Waals surface area contributed by atoms with Crippen LogP contribution in [0.1, 0.15) is 11.6 Å². The van der Waals surface area contributed by atoms with Crippen LogP contribution < -0.4 is 0 Å². The smallest absolute Gasteiger partial charge is 0.230 e. The summed E-state index contributed by atoms with van der Waals surface area (Å²) in [5, 5.41) is 21.6. The summed E-state index contributed by atoms with van der Waals surface area (Å²) in [4.78, 5) is 21.9. The van der Waals surface area contributed by atoms with Crippen molar-refractivity contribution in [3.63, 3.8) is 0 Å². The van der Waals surface area contributed by atoms with E-state index in [4.69, 9.17) is 0 Å². The summed E-state index contributed by atoms with van der Waals surface area (Å²) >= 11 is 0. The van der Waals surface area contributed by atoms with Gasteiger partial charge >= 0.3 is 0 Å². The van der Waals surface area contributed by atoms with Gasteiger partial charge < -0.3 is 0 Å². The molecule has 1 unspecified atom stereocenters. The number of hydrogen-bond donors (Lipinski definition) is 1. The first-order valence-corrected chi connectivity index (χ1v) is 6.33. The number of nitro groups is 1. The van der Waals surface area contributed by atoms with Crippen molar-refractivity contribution in [3.8, 4) is 0 Å². The average molecular weight is 286 g/mol. The largest absolute Gasteiger partial charge is 0.289 e. The van der Waals surface area contributed by atoms with Crippen LogP contribution in [-0.2, 0) is 4.79 Å². The van der Waals surface area contributed by atoms with E-state index in [1.54, 1.807) is 48.6 Å². The van der Waals surface area contributed by atoms with Crippen LogP contribution in [0, 0.1) is 10.1 Å². The third kappa shape index (κ3) is 3.87. The first kappa shape index (κ1) is 14.7. The predicted octanol–water partition coefficient (Wildman–Crippen LogP) is 2.27. The van der Waals surface area contributed by atoms with E-state index < -0.39 is 17.5 Å². The van der Waals surface area contributed by atoms with E-state index in [2.05, 4.69) is 0 Å². The number of ketones is 1. The van der Waals surface area contributed by atoms with E-state index in [-0.39, 0.29) is 11.4 Å². The third-order valence-corrected chi connectivity index (χ3v) is 3.02. The molecule has 0 radical (unpaired) electrons. The number of allylic oxidation sites excluding steroid dienone is 5. The molecule has 1 aromatic rings. The second kappa shape index (κ2) is 6.62. The predicted molar refractivity (Wildman–Crippen MR) is 76.0 cm³/mol. The minimum absolute atomic E-state index is 0.260. The van der Waals surface area contributed by atoms with Crippen LogP contribution in [-0.4, -0.2) is 27.5 Å². The normalized spacial score (nSPS) is 17.0. The summed E-state index contributed by atoms with van der Waals surface area (Å²) < 4.78 is 0. The zero-order valence-electron chi connectivity index (χ0n) is 11.1. The molecule has 108 valence electrons. The van der Waals surface area contributed by atoms with Gasteiger partial charge in [-0.15, -0.1) is 0 Å². The van der Waals surface area contributed by atoms with Gasteiger partial charge in [-0.1, -0.05) is 42.5 Å². The van der Waals surface area contributed by atoms with Gasteiger partial charge in [-0.3, -0.25) is 20.1 Å². The Hall–Kier alpha value is -2.73. The van der Waals surface area contributed by atoms with Gasteiger partial charge in [-0.25, -0.2) is 5.06 Å². The lowest BCUT2D eigenvalue weighted by molar-refractivity contribution is -0.491.